The molecule has 0 saturated carbocycles. The Hall–Kier alpha value is -2.98. The molecule has 0 spiro atoms. The number of unbranched alkanes of at least 4 members (excludes halogenated alkanes) is 1. The van der Waals surface area contributed by atoms with Crippen molar-refractivity contribution in [2.24, 2.45) is 0 Å². The molecule has 3 aromatic heterocycles. The fraction of sp³-hybridized carbons (Fsp3) is 0.440. The molecule has 1 saturated heterocycles. The lowest BCUT2D eigenvalue weighted by Crippen LogP contribution is -2.41. The Morgan fingerprint density at radius 2 is 2.00 bits per heavy atom. The number of hydrogen-bond acceptors (Lipinski definition) is 6. The second kappa shape index (κ2) is 11.6. The van der Waals surface area contributed by atoms with E-state index in [1.54, 1.807) is 11.1 Å². The predicted molar refractivity (Wildman–Crippen MR) is 133 cm³/mol. The lowest BCUT2D eigenvalue weighted by molar-refractivity contribution is -0.137. The van der Waals surface area contributed by atoms with Gasteiger partial charge in [-0.25, -0.2) is 9.31 Å². The maximum absolute atomic E-state index is 12.7. The van der Waals surface area contributed by atoms with Crippen molar-refractivity contribution in [2.45, 2.75) is 45.6 Å². The van der Waals surface area contributed by atoms with Gasteiger partial charge in [0.25, 0.3) is 0 Å². The van der Waals surface area contributed by atoms with Gasteiger partial charge in [-0.05, 0) is 65.4 Å². The van der Waals surface area contributed by atoms with Crippen molar-refractivity contribution in [2.75, 3.05) is 26.3 Å². The van der Waals surface area contributed by atoms with Crippen LogP contribution in [0.3, 0.4) is 0 Å². The van der Waals surface area contributed by atoms with Gasteiger partial charge in [0.2, 0.25) is 0 Å². The summed E-state index contributed by atoms with van der Waals surface area (Å²) < 4.78 is 13.8. The third kappa shape index (κ3) is 5.99. The largest absolute Gasteiger partial charge is 0.481 e. The molecule has 1 N–H and O–H groups in total. The number of carbonyl (C=O) groups is 2. The minimum Gasteiger partial charge on any atom is -0.481 e. The first-order valence-corrected chi connectivity index (χ1v) is 12.6. The molecule has 186 valence electrons. The fourth-order valence-corrected chi connectivity index (χ4v) is 4.69. The van der Waals surface area contributed by atoms with Crippen LogP contribution in [0.5, 0.6) is 0 Å². The van der Waals surface area contributed by atoms with Gasteiger partial charge in [0.1, 0.15) is 12.3 Å². The van der Waals surface area contributed by atoms with E-state index in [1.807, 2.05) is 22.8 Å². The SMILES string of the molecule is CCc1ccc2c(-c3cncc(Br)c3)c(CCCCC(=O)O)c(COC(=O)N3CCOCC3)nn12. The molecule has 0 bridgehead atoms. The van der Waals surface area contributed by atoms with Crippen LogP contribution in [-0.2, 0) is 33.7 Å². The van der Waals surface area contributed by atoms with Crippen LogP contribution in [0.15, 0.2) is 35.1 Å². The van der Waals surface area contributed by atoms with Gasteiger partial charge in [0.15, 0.2) is 0 Å². The Morgan fingerprint density at radius 3 is 2.71 bits per heavy atom. The number of halogens is 1. The Balaban J connectivity index is 1.75. The van der Waals surface area contributed by atoms with Gasteiger partial charge in [-0.1, -0.05) is 6.92 Å². The van der Waals surface area contributed by atoms with E-state index in [0.29, 0.717) is 51.3 Å². The summed E-state index contributed by atoms with van der Waals surface area (Å²) in [6, 6.07) is 6.10. The van der Waals surface area contributed by atoms with Crippen LogP contribution in [0.1, 0.15) is 43.1 Å². The smallest absolute Gasteiger partial charge is 0.410 e. The zero-order chi connectivity index (χ0) is 24.8. The van der Waals surface area contributed by atoms with Crippen molar-refractivity contribution >= 4 is 33.5 Å². The van der Waals surface area contributed by atoms with Crippen LogP contribution >= 0.6 is 15.9 Å². The number of hydrogen-bond donors (Lipinski definition) is 1. The molecule has 4 rings (SSSR count). The molecule has 1 fully saturated rings. The van der Waals surface area contributed by atoms with Crippen molar-refractivity contribution in [3.63, 3.8) is 0 Å². The van der Waals surface area contributed by atoms with E-state index < -0.39 is 5.97 Å². The normalized spacial score (nSPS) is 13.8. The molecule has 0 radical (unpaired) electrons. The number of morpholine rings is 1. The van der Waals surface area contributed by atoms with Crippen LogP contribution < -0.4 is 0 Å². The number of aryl methyl sites for hydroxylation is 1. The number of amides is 1. The van der Waals surface area contributed by atoms with E-state index in [2.05, 4.69) is 33.9 Å². The molecular weight excluding hydrogens is 516 g/mol. The first kappa shape index (κ1) is 25.1. The third-order valence-electron chi connectivity index (χ3n) is 6.09. The van der Waals surface area contributed by atoms with Gasteiger partial charge < -0.3 is 19.5 Å². The van der Waals surface area contributed by atoms with Crippen molar-refractivity contribution in [3.8, 4) is 11.1 Å². The fourth-order valence-electron chi connectivity index (χ4n) is 4.33. The van der Waals surface area contributed by atoms with Gasteiger partial charge in [0.05, 0.1) is 18.7 Å². The topological polar surface area (TPSA) is 106 Å². The van der Waals surface area contributed by atoms with Gasteiger partial charge >= 0.3 is 12.1 Å². The van der Waals surface area contributed by atoms with E-state index in [4.69, 9.17) is 19.7 Å². The van der Waals surface area contributed by atoms with Crippen LogP contribution in [0, 0.1) is 0 Å². The molecule has 3 aromatic rings. The van der Waals surface area contributed by atoms with Crippen LogP contribution in [0.4, 0.5) is 4.79 Å². The minimum atomic E-state index is -0.811. The number of ether oxygens (including phenoxy) is 2. The summed E-state index contributed by atoms with van der Waals surface area (Å²) in [5, 5.41) is 14.0. The molecule has 10 heteroatoms. The molecule has 0 atom stereocenters. The Morgan fingerprint density at radius 1 is 1.20 bits per heavy atom. The van der Waals surface area contributed by atoms with Gasteiger partial charge in [0, 0.05) is 53.2 Å². The van der Waals surface area contributed by atoms with E-state index in [9.17, 15) is 9.59 Å². The Bertz CT molecular complexity index is 1210. The van der Waals surface area contributed by atoms with Crippen LogP contribution in [0.2, 0.25) is 0 Å². The van der Waals surface area contributed by atoms with E-state index in [0.717, 1.165) is 38.8 Å². The highest BCUT2D eigenvalue weighted by Crippen LogP contribution is 2.34. The molecule has 0 unspecified atom stereocenters. The summed E-state index contributed by atoms with van der Waals surface area (Å²) in [6.07, 6.45) is 5.88. The molecular formula is C25H29BrN4O5. The van der Waals surface area contributed by atoms with Crippen molar-refractivity contribution in [1.82, 2.24) is 19.5 Å². The number of nitrogens with zero attached hydrogens (tertiary/aromatic N) is 4. The zero-order valence-corrected chi connectivity index (χ0v) is 21.3. The number of carboxylic acid groups (broad SMARTS) is 1. The number of rotatable bonds is 9. The maximum Gasteiger partial charge on any atom is 0.410 e. The summed E-state index contributed by atoms with van der Waals surface area (Å²) in [6.45, 7) is 4.09. The van der Waals surface area contributed by atoms with E-state index in [-0.39, 0.29) is 19.1 Å². The number of fused-ring (bicyclic) bond motifs is 1. The highest BCUT2D eigenvalue weighted by atomic mass is 79.9. The van der Waals surface area contributed by atoms with E-state index >= 15 is 0 Å². The molecule has 0 aromatic carbocycles. The lowest BCUT2D eigenvalue weighted by atomic mass is 9.95. The number of aromatic nitrogens is 3. The quantitative estimate of drug-likeness (QED) is 0.395. The zero-order valence-electron chi connectivity index (χ0n) is 19.7. The summed E-state index contributed by atoms with van der Waals surface area (Å²) in [5.74, 6) is -0.811. The second-order valence-electron chi connectivity index (χ2n) is 8.42. The predicted octanol–water partition coefficient (Wildman–Crippen LogP) is 4.49. The highest BCUT2D eigenvalue weighted by Gasteiger charge is 2.22. The molecule has 1 aliphatic heterocycles. The van der Waals surface area contributed by atoms with Crippen molar-refractivity contribution < 1.29 is 24.2 Å². The Labute approximate surface area is 212 Å². The second-order valence-corrected chi connectivity index (χ2v) is 9.34. The molecule has 4 heterocycles. The number of carboxylic acids is 1. The monoisotopic (exact) mass is 544 g/mol. The van der Waals surface area contributed by atoms with Crippen LogP contribution in [-0.4, -0.2) is 63.0 Å². The molecule has 1 amide bonds. The molecule has 9 nitrogen and oxygen atoms in total. The molecule has 0 aliphatic carbocycles. The summed E-state index contributed by atoms with van der Waals surface area (Å²) in [4.78, 5) is 29.7. The Kier molecular flexibility index (Phi) is 8.35. The summed E-state index contributed by atoms with van der Waals surface area (Å²) in [7, 11) is 0. The molecule has 1 aliphatic rings. The maximum atomic E-state index is 12.7. The average Bonchev–Trinajstić information content (AvgIpc) is 3.27. The lowest BCUT2D eigenvalue weighted by Gasteiger charge is -2.26. The van der Waals surface area contributed by atoms with E-state index in [1.165, 1.54) is 0 Å². The van der Waals surface area contributed by atoms with Gasteiger partial charge in [-0.2, -0.15) is 5.10 Å². The number of aliphatic carboxylic acids is 1. The van der Waals surface area contributed by atoms with Crippen molar-refractivity contribution in [1.29, 1.82) is 0 Å². The van der Waals surface area contributed by atoms with Crippen molar-refractivity contribution in [3.05, 3.63) is 52.0 Å². The number of pyridine rings is 1. The average molecular weight is 545 g/mol. The number of carbonyl (C=O) groups excluding carboxylic acids is 1. The van der Waals surface area contributed by atoms with Gasteiger partial charge in [-0.15, -0.1) is 0 Å². The van der Waals surface area contributed by atoms with Crippen LogP contribution in [0.25, 0.3) is 16.6 Å². The minimum absolute atomic E-state index is 0.0240. The standard InChI is InChI=1S/C25H29BrN4O5/c1-2-19-7-8-22-24(17-13-18(26)15-27-14-17)20(5-3-4-6-23(31)32)21(28-30(19)22)16-35-25(33)29-9-11-34-12-10-29/h7-8,13-15H,2-6,9-12,16H2,1H3,(H,31,32). The van der Waals surface area contributed by atoms with Gasteiger partial charge in [-0.3, -0.25) is 9.78 Å². The first-order valence-electron chi connectivity index (χ1n) is 11.8. The first-order chi connectivity index (χ1) is 17.0. The summed E-state index contributed by atoms with van der Waals surface area (Å²) in [5.41, 5.74) is 5.48. The highest BCUT2D eigenvalue weighted by molar-refractivity contribution is 9.10. The summed E-state index contributed by atoms with van der Waals surface area (Å²) >= 11 is 3.52. The molecule has 35 heavy (non-hydrogen) atoms. The third-order valence-corrected chi connectivity index (χ3v) is 6.52.